The first-order valence-corrected chi connectivity index (χ1v) is 8.77. The van der Waals surface area contributed by atoms with E-state index in [1.165, 1.54) is 25.6 Å². The summed E-state index contributed by atoms with van der Waals surface area (Å²) < 4.78 is 7.20. The molecule has 4 rings (SSSR count). The van der Waals surface area contributed by atoms with Crippen LogP contribution in [0.15, 0.2) is 30.6 Å². The number of likely N-dealkylation sites (tertiary alicyclic amines) is 1. The van der Waals surface area contributed by atoms with E-state index in [4.69, 9.17) is 4.74 Å². The first-order valence-electron chi connectivity index (χ1n) is 8.77. The molecule has 0 unspecified atom stereocenters. The molecule has 0 aliphatic carbocycles. The topological polar surface area (TPSA) is 85.2 Å². The van der Waals surface area contributed by atoms with Crippen molar-refractivity contribution in [1.82, 2.24) is 30.4 Å². The Balaban J connectivity index is 1.40. The highest BCUT2D eigenvalue weighted by Crippen LogP contribution is 2.19. The number of hydrogen-bond acceptors (Lipinski definition) is 6. The molecule has 0 spiro atoms. The molecule has 3 heterocycles. The van der Waals surface area contributed by atoms with Crippen molar-refractivity contribution in [3.63, 3.8) is 0 Å². The molecule has 1 aromatic carbocycles. The van der Waals surface area contributed by atoms with Crippen molar-refractivity contribution in [2.45, 2.75) is 31.3 Å². The Hall–Kier alpha value is -2.32. The van der Waals surface area contributed by atoms with Crippen LogP contribution in [0.5, 0.6) is 0 Å². The fraction of sp³-hybridized carbons (Fsp3) is 0.529. The second-order valence-electron chi connectivity index (χ2n) is 6.58. The quantitative estimate of drug-likeness (QED) is 0.878. The molecular weight excluding hydrogens is 320 g/mol. The van der Waals surface area contributed by atoms with Gasteiger partial charge in [-0.15, -0.1) is 5.10 Å². The second-order valence-corrected chi connectivity index (χ2v) is 6.58. The van der Waals surface area contributed by atoms with E-state index in [1.54, 1.807) is 16.8 Å². The van der Waals surface area contributed by atoms with Crippen molar-refractivity contribution in [3.05, 3.63) is 36.2 Å². The van der Waals surface area contributed by atoms with E-state index >= 15 is 0 Å². The molecule has 8 nitrogen and oxygen atoms in total. The number of carbonyl (C=O) groups excluding carboxylic acids is 1. The van der Waals surface area contributed by atoms with Gasteiger partial charge in [0.25, 0.3) is 5.91 Å². The molecule has 2 aliphatic heterocycles. The number of piperidine rings is 1. The minimum atomic E-state index is -0.0687. The van der Waals surface area contributed by atoms with Gasteiger partial charge in [0.2, 0.25) is 0 Å². The summed E-state index contributed by atoms with van der Waals surface area (Å²) in [7, 11) is 0. The maximum Gasteiger partial charge on any atom is 0.251 e. The van der Waals surface area contributed by atoms with Gasteiger partial charge in [-0.25, -0.2) is 4.68 Å². The first kappa shape index (κ1) is 16.2. The van der Waals surface area contributed by atoms with Crippen molar-refractivity contribution >= 4 is 5.91 Å². The number of nitrogens with zero attached hydrogens (tertiary/aromatic N) is 5. The summed E-state index contributed by atoms with van der Waals surface area (Å²) in [5, 5.41) is 14.2. The number of hydrogen-bond donors (Lipinski definition) is 1. The Labute approximate surface area is 146 Å². The highest BCUT2D eigenvalue weighted by molar-refractivity contribution is 5.94. The van der Waals surface area contributed by atoms with Crippen molar-refractivity contribution in [1.29, 1.82) is 0 Å². The van der Waals surface area contributed by atoms with E-state index < -0.39 is 0 Å². The number of amides is 1. The normalized spacial score (nSPS) is 24.3. The zero-order valence-electron chi connectivity index (χ0n) is 14.0. The molecule has 1 amide bonds. The number of carbonyl (C=O) groups is 1. The smallest absolute Gasteiger partial charge is 0.251 e. The fourth-order valence-electron chi connectivity index (χ4n) is 3.59. The third kappa shape index (κ3) is 3.54. The lowest BCUT2D eigenvalue weighted by Gasteiger charge is -2.34. The van der Waals surface area contributed by atoms with Gasteiger partial charge in [-0.1, -0.05) is 6.42 Å². The lowest BCUT2D eigenvalue weighted by atomic mass is 10.0. The maximum absolute atomic E-state index is 12.6. The van der Waals surface area contributed by atoms with Crippen molar-refractivity contribution < 1.29 is 9.53 Å². The minimum Gasteiger partial charge on any atom is -0.378 e. The SMILES string of the molecule is O=C(N[C@H]1COC[C@@H]1N1CCCCC1)c1ccc(-n2cnnn2)cc1. The molecule has 0 radical (unpaired) electrons. The minimum absolute atomic E-state index is 0.0461. The average Bonchev–Trinajstić information content (AvgIpc) is 3.35. The maximum atomic E-state index is 12.6. The van der Waals surface area contributed by atoms with Gasteiger partial charge in [-0.05, 0) is 60.6 Å². The van der Waals surface area contributed by atoms with E-state index in [-0.39, 0.29) is 18.0 Å². The van der Waals surface area contributed by atoms with Crippen LogP contribution in [-0.2, 0) is 4.74 Å². The number of ether oxygens (including phenoxy) is 1. The van der Waals surface area contributed by atoms with Crippen LogP contribution in [0.4, 0.5) is 0 Å². The Morgan fingerprint density at radius 1 is 1.12 bits per heavy atom. The van der Waals surface area contributed by atoms with Crippen molar-refractivity contribution in [2.24, 2.45) is 0 Å². The molecule has 2 atom stereocenters. The highest BCUT2D eigenvalue weighted by atomic mass is 16.5. The number of rotatable bonds is 4. The van der Waals surface area contributed by atoms with Crippen LogP contribution in [0.1, 0.15) is 29.6 Å². The number of benzene rings is 1. The predicted octanol–water partition coefficient (Wildman–Crippen LogP) is 0.645. The number of nitrogens with one attached hydrogen (secondary N) is 1. The van der Waals surface area contributed by atoms with Gasteiger partial charge in [0, 0.05) is 5.56 Å². The highest BCUT2D eigenvalue weighted by Gasteiger charge is 2.34. The zero-order chi connectivity index (χ0) is 17.1. The van der Waals surface area contributed by atoms with E-state index in [0.717, 1.165) is 18.8 Å². The van der Waals surface area contributed by atoms with Crippen molar-refractivity contribution in [3.8, 4) is 5.69 Å². The Bertz CT molecular complexity index is 696. The molecule has 0 saturated carbocycles. The largest absolute Gasteiger partial charge is 0.378 e. The first-order chi connectivity index (χ1) is 12.3. The van der Waals surface area contributed by atoms with Crippen LogP contribution in [0.3, 0.4) is 0 Å². The molecule has 1 N–H and O–H groups in total. The summed E-state index contributed by atoms with van der Waals surface area (Å²) in [5.41, 5.74) is 1.44. The van der Waals surface area contributed by atoms with Gasteiger partial charge in [-0.2, -0.15) is 0 Å². The standard InChI is InChI=1S/C17H22N6O2/c24-17(13-4-6-14(7-5-13)23-12-18-20-21-23)19-15-10-25-11-16(15)22-8-2-1-3-9-22/h4-7,12,15-16H,1-3,8-11H2,(H,19,24)/t15-,16-/m0/s1. The Kier molecular flexibility index (Phi) is 4.71. The van der Waals surface area contributed by atoms with E-state index in [9.17, 15) is 4.79 Å². The fourth-order valence-corrected chi connectivity index (χ4v) is 3.59. The third-order valence-corrected chi connectivity index (χ3v) is 4.97. The second kappa shape index (κ2) is 7.28. The molecule has 1 aromatic heterocycles. The molecule has 132 valence electrons. The molecule has 8 heteroatoms. The summed E-state index contributed by atoms with van der Waals surface area (Å²) in [6.07, 6.45) is 5.29. The van der Waals surface area contributed by atoms with Gasteiger partial charge in [-0.3, -0.25) is 9.69 Å². The molecule has 2 aromatic rings. The van der Waals surface area contributed by atoms with Crippen molar-refractivity contribution in [2.75, 3.05) is 26.3 Å². The molecule has 0 bridgehead atoms. The molecule has 2 aliphatic rings. The van der Waals surface area contributed by atoms with Crippen LogP contribution in [0, 0.1) is 0 Å². The lowest BCUT2D eigenvalue weighted by Crippen LogP contribution is -2.52. The van der Waals surface area contributed by atoms with Gasteiger partial charge < -0.3 is 10.1 Å². The molecule has 2 fully saturated rings. The van der Waals surface area contributed by atoms with E-state index in [2.05, 4.69) is 25.7 Å². The molecular formula is C17H22N6O2. The zero-order valence-corrected chi connectivity index (χ0v) is 14.0. The summed E-state index contributed by atoms with van der Waals surface area (Å²) in [6, 6.07) is 7.57. The monoisotopic (exact) mass is 342 g/mol. The average molecular weight is 342 g/mol. The van der Waals surface area contributed by atoms with Gasteiger partial charge in [0.15, 0.2) is 0 Å². The number of tetrazole rings is 1. The third-order valence-electron chi connectivity index (χ3n) is 4.97. The van der Waals surface area contributed by atoms with Crippen LogP contribution in [0.2, 0.25) is 0 Å². The summed E-state index contributed by atoms with van der Waals surface area (Å²) in [6.45, 7) is 3.47. The summed E-state index contributed by atoms with van der Waals surface area (Å²) in [5.74, 6) is -0.0687. The van der Waals surface area contributed by atoms with Gasteiger partial charge in [0.1, 0.15) is 6.33 Å². The molecule has 2 saturated heterocycles. The van der Waals surface area contributed by atoms with E-state index in [0.29, 0.717) is 18.8 Å². The van der Waals surface area contributed by atoms with Gasteiger partial charge in [0.05, 0.1) is 31.0 Å². The predicted molar refractivity (Wildman–Crippen MR) is 90.4 cm³/mol. The Morgan fingerprint density at radius 2 is 1.92 bits per heavy atom. The summed E-state index contributed by atoms with van der Waals surface area (Å²) >= 11 is 0. The number of aromatic nitrogens is 4. The molecule has 25 heavy (non-hydrogen) atoms. The van der Waals surface area contributed by atoms with Crippen LogP contribution in [-0.4, -0.2) is 69.4 Å². The summed E-state index contributed by atoms with van der Waals surface area (Å²) in [4.78, 5) is 15.1. The van der Waals surface area contributed by atoms with Gasteiger partial charge >= 0.3 is 0 Å². The van der Waals surface area contributed by atoms with Crippen LogP contribution < -0.4 is 5.32 Å². The van der Waals surface area contributed by atoms with Crippen LogP contribution >= 0.6 is 0 Å². The lowest BCUT2D eigenvalue weighted by molar-refractivity contribution is 0.0900. The Morgan fingerprint density at radius 3 is 2.64 bits per heavy atom. The van der Waals surface area contributed by atoms with Crippen LogP contribution in [0.25, 0.3) is 5.69 Å². The van der Waals surface area contributed by atoms with E-state index in [1.807, 2.05) is 12.1 Å².